The minimum absolute atomic E-state index is 0.188. The summed E-state index contributed by atoms with van der Waals surface area (Å²) in [5.41, 5.74) is 0.00743. The zero-order chi connectivity index (χ0) is 15.4. The Kier molecular flexibility index (Phi) is 3.93. The number of rotatable bonds is 4. The molecule has 1 aromatic carbocycles. The van der Waals surface area contributed by atoms with E-state index in [1.165, 1.54) is 18.2 Å². The molecule has 0 bridgehead atoms. The zero-order valence-corrected chi connectivity index (χ0v) is 10.5. The second-order valence-corrected chi connectivity index (χ2v) is 3.89. The first-order valence-corrected chi connectivity index (χ1v) is 5.65. The second kappa shape index (κ2) is 5.82. The van der Waals surface area contributed by atoms with Crippen LogP contribution in [0.25, 0.3) is 0 Å². The lowest BCUT2D eigenvalue weighted by Gasteiger charge is -2.05. The molecule has 1 heterocycles. The van der Waals surface area contributed by atoms with Crippen LogP contribution in [-0.2, 0) is 11.3 Å². The molecule has 1 aromatic heterocycles. The van der Waals surface area contributed by atoms with Crippen molar-refractivity contribution in [2.75, 3.05) is 0 Å². The summed E-state index contributed by atoms with van der Waals surface area (Å²) in [6.07, 6.45) is -1.18. The van der Waals surface area contributed by atoms with Crippen molar-refractivity contribution in [1.29, 1.82) is 0 Å². The Bertz CT molecular complexity index is 680. The molecule has 0 saturated carbocycles. The van der Waals surface area contributed by atoms with Crippen molar-refractivity contribution in [3.63, 3.8) is 0 Å². The third-order valence-corrected chi connectivity index (χ3v) is 2.47. The van der Waals surface area contributed by atoms with Crippen LogP contribution in [-0.4, -0.2) is 26.3 Å². The molecule has 9 heteroatoms. The summed E-state index contributed by atoms with van der Waals surface area (Å²) >= 11 is 0. The van der Waals surface area contributed by atoms with Gasteiger partial charge in [-0.25, -0.2) is 4.79 Å². The summed E-state index contributed by atoms with van der Waals surface area (Å²) in [4.78, 5) is 23.7. The van der Waals surface area contributed by atoms with Gasteiger partial charge in [0.25, 0.3) is 5.69 Å². The van der Waals surface area contributed by atoms with Crippen LogP contribution in [0.3, 0.4) is 0 Å². The van der Waals surface area contributed by atoms with Crippen molar-refractivity contribution in [3.05, 3.63) is 46.0 Å². The highest BCUT2D eigenvalue weighted by molar-refractivity contribution is 5.65. The lowest BCUT2D eigenvalue weighted by atomic mass is 10.2. The number of hydrogen-bond donors (Lipinski definition) is 3. The van der Waals surface area contributed by atoms with Gasteiger partial charge in [-0.2, -0.15) is 0 Å². The summed E-state index contributed by atoms with van der Waals surface area (Å²) < 4.78 is 9.33. The molecule has 9 nitrogen and oxygen atoms in total. The Morgan fingerprint density at radius 3 is 2.67 bits per heavy atom. The number of nitrogens with one attached hydrogen (secondary N) is 1. The number of H-pyrrole nitrogens is 1. The minimum Gasteiger partial charge on any atom is -0.494 e. The molecule has 0 amide bonds. The molecule has 2 aromatic rings. The summed E-state index contributed by atoms with van der Waals surface area (Å²) in [6, 6.07) is 6.74. The number of aromatic hydroxyl groups is 2. The molecule has 0 aliphatic carbocycles. The van der Waals surface area contributed by atoms with Gasteiger partial charge in [-0.1, -0.05) is 12.1 Å². The number of para-hydroxylation sites is 1. The van der Waals surface area contributed by atoms with Crippen LogP contribution in [0, 0.1) is 10.1 Å². The third-order valence-electron chi connectivity index (χ3n) is 2.47. The topological polar surface area (TPSA) is 135 Å². The highest BCUT2D eigenvalue weighted by Crippen LogP contribution is 2.29. The number of ether oxygens (including phenoxy) is 2. The van der Waals surface area contributed by atoms with Gasteiger partial charge in [-0.15, -0.1) is 0 Å². The van der Waals surface area contributed by atoms with Crippen LogP contribution >= 0.6 is 0 Å². The van der Waals surface area contributed by atoms with Gasteiger partial charge in [0.1, 0.15) is 6.61 Å². The van der Waals surface area contributed by atoms with Crippen LogP contribution in [0.2, 0.25) is 0 Å². The molecule has 0 atom stereocenters. The Balaban J connectivity index is 1.99. The van der Waals surface area contributed by atoms with E-state index in [0.717, 1.165) is 6.07 Å². The van der Waals surface area contributed by atoms with E-state index in [0.29, 0.717) is 0 Å². The number of carbonyl (C=O) groups is 1. The van der Waals surface area contributed by atoms with Crippen molar-refractivity contribution in [3.8, 4) is 17.5 Å². The lowest BCUT2D eigenvalue weighted by Crippen LogP contribution is -2.10. The van der Waals surface area contributed by atoms with E-state index < -0.39 is 22.8 Å². The standard InChI is InChI=1S/C12H10N2O7/c15-10-5-9(11(16)13-10)21-12(17)20-6-7-3-1-2-4-8(7)14(18)19/h1-5,13,15-16H,6H2. The second-order valence-electron chi connectivity index (χ2n) is 3.89. The predicted molar refractivity (Wildman–Crippen MR) is 68.0 cm³/mol. The van der Waals surface area contributed by atoms with Gasteiger partial charge in [0, 0.05) is 12.1 Å². The number of hydrogen-bond acceptors (Lipinski definition) is 7. The first-order valence-electron chi connectivity index (χ1n) is 5.65. The van der Waals surface area contributed by atoms with Crippen molar-refractivity contribution >= 4 is 11.8 Å². The maximum absolute atomic E-state index is 11.4. The fourth-order valence-electron chi connectivity index (χ4n) is 1.56. The van der Waals surface area contributed by atoms with Gasteiger partial charge >= 0.3 is 6.16 Å². The van der Waals surface area contributed by atoms with Gasteiger partial charge in [-0.3, -0.25) is 15.1 Å². The first kappa shape index (κ1) is 14.2. The number of nitrogens with zero attached hydrogens (tertiary/aromatic N) is 1. The molecule has 0 aliphatic heterocycles. The fraction of sp³-hybridized carbons (Fsp3) is 0.0833. The van der Waals surface area contributed by atoms with Gasteiger partial charge in [-0.05, 0) is 6.07 Å². The van der Waals surface area contributed by atoms with Crippen molar-refractivity contribution in [1.82, 2.24) is 4.98 Å². The van der Waals surface area contributed by atoms with E-state index in [4.69, 9.17) is 9.84 Å². The summed E-state index contributed by atoms with van der Waals surface area (Å²) in [5, 5.41) is 29.0. The third kappa shape index (κ3) is 3.41. The molecule has 0 saturated heterocycles. The highest BCUT2D eigenvalue weighted by atomic mass is 16.7. The summed E-state index contributed by atoms with van der Waals surface area (Å²) in [5.74, 6) is -1.26. The Morgan fingerprint density at radius 1 is 1.33 bits per heavy atom. The summed E-state index contributed by atoms with van der Waals surface area (Å²) in [6.45, 7) is -0.368. The Morgan fingerprint density at radius 2 is 2.05 bits per heavy atom. The van der Waals surface area contributed by atoms with Gasteiger partial charge in [0.15, 0.2) is 11.6 Å². The maximum atomic E-state index is 11.4. The SMILES string of the molecule is O=C(OCc1ccccc1[N+](=O)[O-])Oc1cc(O)[nH]c1O. The predicted octanol–water partition coefficient (Wildman–Crippen LogP) is 2.05. The van der Waals surface area contributed by atoms with Crippen molar-refractivity contribution < 1.29 is 29.4 Å². The number of aromatic nitrogens is 1. The van der Waals surface area contributed by atoms with E-state index >= 15 is 0 Å². The van der Waals surface area contributed by atoms with Gasteiger partial charge in [0.05, 0.1) is 10.5 Å². The molecule has 110 valence electrons. The number of carbonyl (C=O) groups excluding carboxylic acids is 1. The molecule has 0 radical (unpaired) electrons. The quantitative estimate of drug-likeness (QED) is 0.446. The van der Waals surface area contributed by atoms with Crippen LogP contribution in [0.15, 0.2) is 30.3 Å². The Labute approximate surface area is 117 Å². The van der Waals surface area contributed by atoms with E-state index in [1.54, 1.807) is 6.07 Å². The van der Waals surface area contributed by atoms with E-state index in [9.17, 15) is 20.0 Å². The van der Waals surface area contributed by atoms with E-state index in [1.807, 2.05) is 0 Å². The molecule has 0 spiro atoms. The number of aromatic amines is 1. The molecule has 3 N–H and O–H groups in total. The normalized spacial score (nSPS) is 10.1. The first-order chi connectivity index (χ1) is 9.97. The maximum Gasteiger partial charge on any atom is 0.514 e. The minimum atomic E-state index is -1.18. The molecule has 0 aliphatic rings. The van der Waals surface area contributed by atoms with E-state index in [2.05, 4.69) is 9.72 Å². The number of nitro benzene ring substituents is 1. The molecule has 0 fully saturated rings. The highest BCUT2D eigenvalue weighted by Gasteiger charge is 2.17. The van der Waals surface area contributed by atoms with Crippen LogP contribution in [0.5, 0.6) is 17.5 Å². The van der Waals surface area contributed by atoms with Crippen LogP contribution in [0.4, 0.5) is 10.5 Å². The molecular formula is C12H10N2O7. The monoisotopic (exact) mass is 294 g/mol. The molecule has 2 rings (SSSR count). The molecular weight excluding hydrogens is 284 g/mol. The van der Waals surface area contributed by atoms with E-state index in [-0.39, 0.29) is 23.6 Å². The number of benzene rings is 1. The summed E-state index contributed by atoms with van der Waals surface area (Å²) in [7, 11) is 0. The Hall–Kier alpha value is -3.23. The number of nitro groups is 1. The largest absolute Gasteiger partial charge is 0.514 e. The average Bonchev–Trinajstić information content (AvgIpc) is 2.74. The van der Waals surface area contributed by atoms with Crippen LogP contribution < -0.4 is 4.74 Å². The lowest BCUT2D eigenvalue weighted by molar-refractivity contribution is -0.385. The van der Waals surface area contributed by atoms with Crippen molar-refractivity contribution in [2.45, 2.75) is 6.61 Å². The molecule has 0 unspecified atom stereocenters. The van der Waals surface area contributed by atoms with Gasteiger partial charge in [0.2, 0.25) is 5.88 Å². The van der Waals surface area contributed by atoms with Gasteiger partial charge < -0.3 is 19.7 Å². The smallest absolute Gasteiger partial charge is 0.494 e. The zero-order valence-electron chi connectivity index (χ0n) is 10.5. The molecule has 21 heavy (non-hydrogen) atoms. The van der Waals surface area contributed by atoms with Crippen molar-refractivity contribution in [2.24, 2.45) is 0 Å². The van der Waals surface area contributed by atoms with Crippen LogP contribution in [0.1, 0.15) is 5.56 Å². The average molecular weight is 294 g/mol. The fourth-order valence-corrected chi connectivity index (χ4v) is 1.56.